The van der Waals surface area contributed by atoms with Crippen molar-refractivity contribution in [2.75, 3.05) is 7.11 Å². The van der Waals surface area contributed by atoms with Crippen LogP contribution in [0.15, 0.2) is 12.2 Å². The number of methoxy groups -OCH3 is 1. The predicted molar refractivity (Wildman–Crippen MR) is 57.1 cm³/mol. The normalized spacial score (nSPS) is 18.6. The Kier molecular flexibility index (Phi) is 3.90. The molecule has 0 bridgehead atoms. The van der Waals surface area contributed by atoms with E-state index >= 15 is 0 Å². The first-order valence-electron chi connectivity index (χ1n) is 4.72. The topological polar surface area (TPSA) is 49.7 Å². The van der Waals surface area contributed by atoms with Crippen molar-refractivity contribution >= 4 is 0 Å². The average Bonchev–Trinajstić information content (AvgIpc) is 1.99. The zero-order valence-corrected chi connectivity index (χ0v) is 9.96. The van der Waals surface area contributed by atoms with Crippen LogP contribution in [0.1, 0.15) is 34.6 Å². The van der Waals surface area contributed by atoms with Gasteiger partial charge in [0.05, 0.1) is 11.2 Å². The molecule has 14 heavy (non-hydrogen) atoms. The Labute approximate surface area is 86.4 Å². The molecular formula is C11H22O3. The average molecular weight is 202 g/mol. The van der Waals surface area contributed by atoms with Gasteiger partial charge in [0.1, 0.15) is 5.60 Å². The summed E-state index contributed by atoms with van der Waals surface area (Å²) < 4.78 is 5.18. The summed E-state index contributed by atoms with van der Waals surface area (Å²) in [5.41, 5.74) is -2.72. The Balaban J connectivity index is 4.73. The van der Waals surface area contributed by atoms with E-state index in [-0.39, 0.29) is 0 Å². The third kappa shape index (κ3) is 3.78. The first-order valence-corrected chi connectivity index (χ1v) is 4.72. The highest BCUT2D eigenvalue weighted by atomic mass is 16.5. The van der Waals surface area contributed by atoms with Crippen molar-refractivity contribution in [1.82, 2.24) is 0 Å². The summed E-state index contributed by atoms with van der Waals surface area (Å²) in [4.78, 5) is 0. The van der Waals surface area contributed by atoms with Crippen molar-refractivity contribution in [3.8, 4) is 0 Å². The molecule has 0 aliphatic rings. The summed E-state index contributed by atoms with van der Waals surface area (Å²) >= 11 is 0. The molecule has 0 saturated carbocycles. The van der Waals surface area contributed by atoms with Crippen molar-refractivity contribution in [1.29, 1.82) is 0 Å². The van der Waals surface area contributed by atoms with Gasteiger partial charge in [-0.3, -0.25) is 0 Å². The van der Waals surface area contributed by atoms with Crippen LogP contribution in [0.4, 0.5) is 0 Å². The largest absolute Gasteiger partial charge is 0.386 e. The van der Waals surface area contributed by atoms with Gasteiger partial charge in [0.2, 0.25) is 0 Å². The lowest BCUT2D eigenvalue weighted by Gasteiger charge is -2.37. The van der Waals surface area contributed by atoms with E-state index < -0.39 is 16.8 Å². The van der Waals surface area contributed by atoms with Crippen LogP contribution in [-0.2, 0) is 4.74 Å². The van der Waals surface area contributed by atoms with Crippen molar-refractivity contribution in [3.05, 3.63) is 12.2 Å². The maximum atomic E-state index is 10.1. The molecule has 0 aromatic rings. The summed E-state index contributed by atoms with van der Waals surface area (Å²) in [6.07, 6.45) is 3.13. The highest BCUT2D eigenvalue weighted by molar-refractivity contribution is 5.11. The number of aliphatic hydroxyl groups is 2. The molecule has 0 aromatic carbocycles. The molecule has 0 fully saturated rings. The van der Waals surface area contributed by atoms with E-state index in [4.69, 9.17) is 4.74 Å². The van der Waals surface area contributed by atoms with E-state index in [2.05, 4.69) is 0 Å². The summed E-state index contributed by atoms with van der Waals surface area (Å²) in [5, 5.41) is 19.6. The van der Waals surface area contributed by atoms with Crippen LogP contribution in [0, 0.1) is 0 Å². The molecule has 2 N–H and O–H groups in total. The van der Waals surface area contributed by atoms with E-state index in [1.807, 2.05) is 0 Å². The number of hydrogen-bond acceptors (Lipinski definition) is 3. The van der Waals surface area contributed by atoms with Crippen LogP contribution in [0.3, 0.4) is 0 Å². The van der Waals surface area contributed by atoms with Gasteiger partial charge < -0.3 is 14.9 Å². The summed E-state index contributed by atoms with van der Waals surface area (Å²) in [5.74, 6) is 0. The van der Waals surface area contributed by atoms with E-state index in [1.54, 1.807) is 53.9 Å². The van der Waals surface area contributed by atoms with Crippen molar-refractivity contribution in [2.24, 2.45) is 0 Å². The Bertz CT molecular complexity index is 209. The lowest BCUT2D eigenvalue weighted by molar-refractivity contribution is -0.113. The van der Waals surface area contributed by atoms with Crippen molar-refractivity contribution in [2.45, 2.75) is 51.4 Å². The second-order valence-electron chi connectivity index (χ2n) is 4.85. The van der Waals surface area contributed by atoms with Crippen LogP contribution in [-0.4, -0.2) is 34.1 Å². The Hall–Kier alpha value is -0.380. The maximum absolute atomic E-state index is 10.1. The monoisotopic (exact) mass is 202 g/mol. The van der Waals surface area contributed by atoms with Gasteiger partial charge in [-0.25, -0.2) is 0 Å². The molecule has 0 aromatic heterocycles. The van der Waals surface area contributed by atoms with Crippen LogP contribution >= 0.6 is 0 Å². The van der Waals surface area contributed by atoms with E-state index in [0.717, 1.165) is 0 Å². The molecular weight excluding hydrogens is 180 g/mol. The fourth-order valence-corrected chi connectivity index (χ4v) is 0.774. The lowest BCUT2D eigenvalue weighted by atomic mass is 9.86. The molecule has 0 aliphatic carbocycles. The zero-order chi connectivity index (χ0) is 11.6. The number of hydrogen-bond donors (Lipinski definition) is 2. The minimum Gasteiger partial charge on any atom is -0.386 e. The first kappa shape index (κ1) is 13.6. The summed E-state index contributed by atoms with van der Waals surface area (Å²) in [6.45, 7) is 8.54. The van der Waals surface area contributed by atoms with Crippen molar-refractivity contribution < 1.29 is 14.9 Å². The van der Waals surface area contributed by atoms with Crippen LogP contribution in [0.5, 0.6) is 0 Å². The molecule has 0 rings (SSSR count). The summed E-state index contributed by atoms with van der Waals surface area (Å²) in [6, 6.07) is 0. The van der Waals surface area contributed by atoms with Crippen LogP contribution in [0.2, 0.25) is 0 Å². The molecule has 0 amide bonds. The van der Waals surface area contributed by atoms with Gasteiger partial charge in [0.25, 0.3) is 0 Å². The quantitative estimate of drug-likeness (QED) is 0.679. The minimum absolute atomic E-state index is 0.686. The third-order valence-electron chi connectivity index (χ3n) is 2.54. The van der Waals surface area contributed by atoms with E-state index in [1.165, 1.54) is 0 Å². The molecule has 3 nitrogen and oxygen atoms in total. The zero-order valence-electron chi connectivity index (χ0n) is 9.96. The van der Waals surface area contributed by atoms with Crippen molar-refractivity contribution in [3.63, 3.8) is 0 Å². The van der Waals surface area contributed by atoms with E-state index in [9.17, 15) is 10.2 Å². The Morgan fingerprint density at radius 3 is 1.64 bits per heavy atom. The smallest absolute Gasteiger partial charge is 0.108 e. The molecule has 0 aliphatic heterocycles. The molecule has 3 heteroatoms. The minimum atomic E-state index is -1.11. The molecule has 84 valence electrons. The maximum Gasteiger partial charge on any atom is 0.108 e. The highest BCUT2D eigenvalue weighted by Crippen LogP contribution is 2.26. The van der Waals surface area contributed by atoms with Gasteiger partial charge in [-0.2, -0.15) is 0 Å². The molecule has 1 atom stereocenters. The summed E-state index contributed by atoms with van der Waals surface area (Å²) in [7, 11) is 1.55. The molecule has 0 spiro atoms. The third-order valence-corrected chi connectivity index (χ3v) is 2.54. The standard InChI is InChI=1S/C11H22O3/c1-9(2,12)7-8-11(5,13)10(3,4)14-6/h7-8,12-13H,1-6H3/b8-7-. The van der Waals surface area contributed by atoms with Gasteiger partial charge in [0, 0.05) is 7.11 Å². The Morgan fingerprint density at radius 1 is 0.929 bits per heavy atom. The van der Waals surface area contributed by atoms with Gasteiger partial charge in [-0.15, -0.1) is 0 Å². The van der Waals surface area contributed by atoms with E-state index in [0.29, 0.717) is 0 Å². The lowest BCUT2D eigenvalue weighted by Crippen LogP contribution is -2.47. The number of rotatable bonds is 4. The van der Waals surface area contributed by atoms with Gasteiger partial charge in [-0.05, 0) is 34.6 Å². The molecule has 0 radical (unpaired) electrons. The Morgan fingerprint density at radius 2 is 1.36 bits per heavy atom. The fraction of sp³-hybridized carbons (Fsp3) is 0.818. The second kappa shape index (κ2) is 4.01. The number of ether oxygens (including phenoxy) is 1. The van der Waals surface area contributed by atoms with Crippen LogP contribution in [0.25, 0.3) is 0 Å². The van der Waals surface area contributed by atoms with Gasteiger partial charge >= 0.3 is 0 Å². The predicted octanol–water partition coefficient (Wildman–Crippen LogP) is 1.49. The molecule has 1 unspecified atom stereocenters. The molecule has 0 heterocycles. The van der Waals surface area contributed by atoms with Gasteiger partial charge in [-0.1, -0.05) is 12.2 Å². The van der Waals surface area contributed by atoms with Gasteiger partial charge in [0.15, 0.2) is 0 Å². The first-order chi connectivity index (χ1) is 6.02. The SMILES string of the molecule is COC(C)(C)C(C)(O)/C=C\C(C)(C)O. The van der Waals surface area contributed by atoms with Crippen LogP contribution < -0.4 is 0 Å². The fourth-order valence-electron chi connectivity index (χ4n) is 0.774. The molecule has 0 saturated heterocycles. The second-order valence-corrected chi connectivity index (χ2v) is 4.85. The highest BCUT2D eigenvalue weighted by Gasteiger charge is 2.37.